The normalized spacial score (nSPS) is 16.0. The first-order valence-electron chi connectivity index (χ1n) is 8.17. The minimum absolute atomic E-state index is 0.294. The summed E-state index contributed by atoms with van der Waals surface area (Å²) in [5.41, 5.74) is 3.65. The average Bonchev–Trinajstić information content (AvgIpc) is 2.56. The number of para-hydroxylation sites is 1. The fourth-order valence-corrected chi connectivity index (χ4v) is 3.11. The van der Waals surface area contributed by atoms with Gasteiger partial charge in [0.1, 0.15) is 5.75 Å². The topological polar surface area (TPSA) is 55.7 Å². The number of aromatic hydroxyl groups is 1. The fraction of sp³-hybridized carbons (Fsp3) is 0.368. The molecule has 0 saturated carbocycles. The molecule has 4 heteroatoms. The molecule has 4 nitrogen and oxygen atoms in total. The molecular formula is C19H24N2O2. The van der Waals surface area contributed by atoms with Crippen LogP contribution in [0, 0.1) is 0 Å². The van der Waals surface area contributed by atoms with E-state index >= 15 is 0 Å². The molecule has 1 aliphatic heterocycles. The van der Waals surface area contributed by atoms with Gasteiger partial charge in [0.2, 0.25) is 0 Å². The number of aliphatic hydroxyl groups is 1. The summed E-state index contributed by atoms with van der Waals surface area (Å²) in [6, 6.07) is 15.8. The van der Waals surface area contributed by atoms with Crippen molar-refractivity contribution in [3.63, 3.8) is 0 Å². The van der Waals surface area contributed by atoms with E-state index in [0.717, 1.165) is 25.1 Å². The number of rotatable bonds is 6. The van der Waals surface area contributed by atoms with Gasteiger partial charge < -0.3 is 15.5 Å². The second-order valence-electron chi connectivity index (χ2n) is 6.17. The van der Waals surface area contributed by atoms with Gasteiger partial charge in [0.25, 0.3) is 0 Å². The van der Waals surface area contributed by atoms with Crippen molar-refractivity contribution >= 4 is 0 Å². The summed E-state index contributed by atoms with van der Waals surface area (Å²) < 4.78 is 0. The van der Waals surface area contributed by atoms with Crippen molar-refractivity contribution in [1.29, 1.82) is 0 Å². The minimum Gasteiger partial charge on any atom is -0.508 e. The molecule has 0 bridgehead atoms. The van der Waals surface area contributed by atoms with Crippen LogP contribution >= 0.6 is 0 Å². The van der Waals surface area contributed by atoms with Crippen molar-refractivity contribution in [2.24, 2.45) is 0 Å². The maximum absolute atomic E-state index is 10.2. The second-order valence-corrected chi connectivity index (χ2v) is 6.17. The molecule has 1 heterocycles. The predicted molar refractivity (Wildman–Crippen MR) is 91.2 cm³/mol. The zero-order valence-electron chi connectivity index (χ0n) is 13.3. The number of nitrogens with zero attached hydrogens (tertiary/aromatic N) is 1. The maximum atomic E-state index is 10.2. The van der Waals surface area contributed by atoms with E-state index in [9.17, 15) is 10.2 Å². The molecule has 1 atom stereocenters. The van der Waals surface area contributed by atoms with Crippen molar-refractivity contribution < 1.29 is 10.2 Å². The molecule has 2 aromatic carbocycles. The van der Waals surface area contributed by atoms with Crippen LogP contribution in [0.15, 0.2) is 48.5 Å². The summed E-state index contributed by atoms with van der Waals surface area (Å²) in [4.78, 5) is 2.30. The quantitative estimate of drug-likeness (QED) is 0.762. The lowest BCUT2D eigenvalue weighted by Crippen LogP contribution is -2.40. The van der Waals surface area contributed by atoms with E-state index in [-0.39, 0.29) is 0 Å². The van der Waals surface area contributed by atoms with E-state index in [1.165, 1.54) is 11.1 Å². The first kappa shape index (κ1) is 16.0. The first-order valence-corrected chi connectivity index (χ1v) is 8.17. The molecule has 0 radical (unpaired) electrons. The Labute approximate surface area is 137 Å². The summed E-state index contributed by atoms with van der Waals surface area (Å²) in [6.07, 6.45) is 0.639. The van der Waals surface area contributed by atoms with Gasteiger partial charge in [-0.05, 0) is 23.6 Å². The van der Waals surface area contributed by atoms with E-state index in [4.69, 9.17) is 0 Å². The molecule has 0 amide bonds. The van der Waals surface area contributed by atoms with Crippen LogP contribution in [-0.4, -0.2) is 40.9 Å². The van der Waals surface area contributed by atoms with E-state index in [1.807, 2.05) is 18.2 Å². The van der Waals surface area contributed by atoms with Crippen LogP contribution < -0.4 is 5.32 Å². The van der Waals surface area contributed by atoms with Crippen LogP contribution in [0.1, 0.15) is 16.7 Å². The summed E-state index contributed by atoms with van der Waals surface area (Å²) in [5, 5.41) is 23.2. The molecule has 3 N–H and O–H groups in total. The highest BCUT2D eigenvalue weighted by Crippen LogP contribution is 2.18. The molecule has 3 rings (SSSR count). The lowest BCUT2D eigenvalue weighted by atomic mass is 10.00. The molecule has 0 fully saturated rings. The number of hydrogen-bond acceptors (Lipinski definition) is 4. The van der Waals surface area contributed by atoms with Crippen LogP contribution in [0.5, 0.6) is 5.75 Å². The molecular weight excluding hydrogens is 288 g/mol. The SMILES string of the molecule is Oc1ccccc1CNCC(O)CN1CCc2ccccc2C1. The Morgan fingerprint density at radius 3 is 2.61 bits per heavy atom. The van der Waals surface area contributed by atoms with Gasteiger partial charge in [-0.25, -0.2) is 0 Å². The van der Waals surface area contributed by atoms with Crippen LogP contribution in [-0.2, 0) is 19.5 Å². The Bertz CT molecular complexity index is 645. The number of fused-ring (bicyclic) bond motifs is 1. The molecule has 1 unspecified atom stereocenters. The van der Waals surface area contributed by atoms with Crippen molar-refractivity contribution in [2.45, 2.75) is 25.6 Å². The third kappa shape index (κ3) is 4.32. The van der Waals surface area contributed by atoms with Crippen LogP contribution in [0.25, 0.3) is 0 Å². The number of nitrogens with one attached hydrogen (secondary N) is 1. The molecule has 122 valence electrons. The number of phenols is 1. The van der Waals surface area contributed by atoms with E-state index < -0.39 is 6.10 Å². The van der Waals surface area contributed by atoms with Gasteiger partial charge in [-0.2, -0.15) is 0 Å². The average molecular weight is 312 g/mol. The van der Waals surface area contributed by atoms with Crippen molar-refractivity contribution in [1.82, 2.24) is 10.2 Å². The van der Waals surface area contributed by atoms with E-state index in [1.54, 1.807) is 6.07 Å². The van der Waals surface area contributed by atoms with E-state index in [2.05, 4.69) is 34.5 Å². The molecule has 0 aliphatic carbocycles. The third-order valence-corrected chi connectivity index (χ3v) is 4.37. The number of benzene rings is 2. The Kier molecular flexibility index (Phi) is 5.28. The highest BCUT2D eigenvalue weighted by molar-refractivity contribution is 5.31. The molecule has 0 spiro atoms. The number of β-amino-alcohol motifs (C(OH)–C–C–N with tert-alkyl or cyclic N) is 1. The Morgan fingerprint density at radius 2 is 1.78 bits per heavy atom. The standard InChI is InChI=1S/C19H24N2O2/c22-18(12-20-11-16-6-3-4-8-19(16)23)14-21-10-9-15-5-1-2-7-17(15)13-21/h1-8,18,20,22-23H,9-14H2. The highest BCUT2D eigenvalue weighted by atomic mass is 16.3. The number of aliphatic hydroxyl groups excluding tert-OH is 1. The second kappa shape index (κ2) is 7.59. The Hall–Kier alpha value is -1.88. The van der Waals surface area contributed by atoms with Gasteiger partial charge in [-0.15, -0.1) is 0 Å². The monoisotopic (exact) mass is 312 g/mol. The zero-order valence-corrected chi connectivity index (χ0v) is 13.3. The lowest BCUT2D eigenvalue weighted by molar-refractivity contribution is 0.104. The first-order chi connectivity index (χ1) is 11.2. The van der Waals surface area contributed by atoms with Gasteiger partial charge in [0, 0.05) is 38.3 Å². The van der Waals surface area contributed by atoms with E-state index in [0.29, 0.717) is 25.4 Å². The van der Waals surface area contributed by atoms with Crippen LogP contribution in [0.4, 0.5) is 0 Å². The van der Waals surface area contributed by atoms with Crippen molar-refractivity contribution in [3.05, 3.63) is 65.2 Å². The fourth-order valence-electron chi connectivity index (χ4n) is 3.11. The molecule has 1 aliphatic rings. The summed E-state index contributed by atoms with van der Waals surface area (Å²) >= 11 is 0. The van der Waals surface area contributed by atoms with Gasteiger partial charge >= 0.3 is 0 Å². The third-order valence-electron chi connectivity index (χ3n) is 4.37. The predicted octanol–water partition coefficient (Wildman–Crippen LogP) is 1.90. The van der Waals surface area contributed by atoms with Crippen molar-refractivity contribution in [2.75, 3.05) is 19.6 Å². The van der Waals surface area contributed by atoms with Crippen molar-refractivity contribution in [3.8, 4) is 5.75 Å². The van der Waals surface area contributed by atoms with Crippen LogP contribution in [0.3, 0.4) is 0 Å². The highest BCUT2D eigenvalue weighted by Gasteiger charge is 2.18. The summed E-state index contributed by atoms with van der Waals surface area (Å²) in [5.74, 6) is 0.294. The Morgan fingerprint density at radius 1 is 1.04 bits per heavy atom. The molecule has 0 saturated heterocycles. The Balaban J connectivity index is 1.43. The number of hydrogen-bond donors (Lipinski definition) is 3. The molecule has 23 heavy (non-hydrogen) atoms. The van der Waals surface area contributed by atoms with Gasteiger partial charge in [0.15, 0.2) is 0 Å². The molecule has 2 aromatic rings. The van der Waals surface area contributed by atoms with Gasteiger partial charge in [0.05, 0.1) is 6.10 Å². The number of phenolic OH excluding ortho intramolecular Hbond substituents is 1. The maximum Gasteiger partial charge on any atom is 0.120 e. The lowest BCUT2D eigenvalue weighted by Gasteiger charge is -2.30. The van der Waals surface area contributed by atoms with Crippen LogP contribution in [0.2, 0.25) is 0 Å². The van der Waals surface area contributed by atoms with Gasteiger partial charge in [-0.1, -0.05) is 42.5 Å². The molecule has 0 aromatic heterocycles. The largest absolute Gasteiger partial charge is 0.508 e. The smallest absolute Gasteiger partial charge is 0.120 e. The summed E-state index contributed by atoms with van der Waals surface area (Å²) in [6.45, 7) is 3.65. The zero-order chi connectivity index (χ0) is 16.1. The van der Waals surface area contributed by atoms with Gasteiger partial charge in [-0.3, -0.25) is 4.90 Å². The summed E-state index contributed by atoms with van der Waals surface area (Å²) in [7, 11) is 0. The minimum atomic E-state index is -0.411.